The SMILES string of the molecule is COc1ccccc1NC(=S)Nc1cccc(SCC(=O)Nc2ccc(I)cc2)c1. The van der Waals surface area contributed by atoms with Crippen LogP contribution in [0.2, 0.25) is 0 Å². The third kappa shape index (κ3) is 6.89. The van der Waals surface area contributed by atoms with Crippen LogP contribution in [-0.2, 0) is 4.79 Å². The summed E-state index contributed by atoms with van der Waals surface area (Å²) in [7, 11) is 1.62. The van der Waals surface area contributed by atoms with Gasteiger partial charge in [0.25, 0.3) is 0 Å². The van der Waals surface area contributed by atoms with Crippen molar-refractivity contribution in [2.24, 2.45) is 0 Å². The number of methoxy groups -OCH3 is 1. The van der Waals surface area contributed by atoms with Crippen molar-refractivity contribution >= 4 is 74.7 Å². The molecule has 3 N–H and O–H groups in total. The third-order valence-corrected chi connectivity index (χ3v) is 5.86. The number of thiocarbonyl (C=S) groups is 1. The van der Waals surface area contributed by atoms with Gasteiger partial charge in [0.05, 0.1) is 18.6 Å². The highest BCUT2D eigenvalue weighted by Gasteiger charge is 2.07. The Kier molecular flexibility index (Phi) is 8.35. The maximum absolute atomic E-state index is 12.2. The van der Waals surface area contributed by atoms with Gasteiger partial charge in [-0.1, -0.05) is 18.2 Å². The number of para-hydroxylation sites is 2. The summed E-state index contributed by atoms with van der Waals surface area (Å²) in [5.74, 6) is 0.984. The van der Waals surface area contributed by atoms with E-state index in [1.165, 1.54) is 11.8 Å². The lowest BCUT2D eigenvalue weighted by Crippen LogP contribution is -2.19. The van der Waals surface area contributed by atoms with Crippen LogP contribution in [0.1, 0.15) is 0 Å². The second kappa shape index (κ2) is 11.2. The van der Waals surface area contributed by atoms with Gasteiger partial charge in [-0.15, -0.1) is 11.8 Å². The first-order valence-corrected chi connectivity index (χ1v) is 11.5. The molecule has 0 saturated heterocycles. The first-order chi connectivity index (χ1) is 14.5. The van der Waals surface area contributed by atoms with Gasteiger partial charge in [0, 0.05) is 19.8 Å². The Morgan fingerprint density at radius 2 is 1.73 bits per heavy atom. The van der Waals surface area contributed by atoms with Crippen molar-refractivity contribution in [3.8, 4) is 5.75 Å². The highest BCUT2D eigenvalue weighted by molar-refractivity contribution is 14.1. The molecule has 0 aliphatic heterocycles. The Bertz CT molecular complexity index is 1030. The molecule has 154 valence electrons. The predicted molar refractivity (Wildman–Crippen MR) is 138 cm³/mol. The number of thioether (sulfide) groups is 1. The lowest BCUT2D eigenvalue weighted by molar-refractivity contribution is -0.113. The van der Waals surface area contributed by atoms with E-state index in [4.69, 9.17) is 17.0 Å². The van der Waals surface area contributed by atoms with Crippen molar-refractivity contribution in [1.82, 2.24) is 0 Å². The monoisotopic (exact) mass is 549 g/mol. The van der Waals surface area contributed by atoms with Crippen LogP contribution in [0.15, 0.2) is 77.7 Å². The number of benzene rings is 3. The quantitative estimate of drug-likeness (QED) is 0.196. The molecule has 0 saturated carbocycles. The molecular formula is C22H20IN3O2S2. The molecule has 1 amide bonds. The van der Waals surface area contributed by atoms with E-state index in [2.05, 4.69) is 38.5 Å². The summed E-state index contributed by atoms with van der Waals surface area (Å²) in [6, 6.07) is 23.0. The summed E-state index contributed by atoms with van der Waals surface area (Å²) < 4.78 is 6.45. The molecule has 0 bridgehead atoms. The molecule has 3 aromatic carbocycles. The van der Waals surface area contributed by atoms with E-state index in [1.807, 2.05) is 72.8 Å². The maximum atomic E-state index is 12.2. The van der Waals surface area contributed by atoms with E-state index in [1.54, 1.807) is 7.11 Å². The number of anilines is 3. The lowest BCUT2D eigenvalue weighted by atomic mass is 10.3. The fraction of sp³-hybridized carbons (Fsp3) is 0.0909. The molecule has 0 aliphatic rings. The molecule has 0 radical (unpaired) electrons. The fourth-order valence-electron chi connectivity index (χ4n) is 2.58. The van der Waals surface area contributed by atoms with Crippen LogP contribution in [-0.4, -0.2) is 23.9 Å². The standard InChI is InChI=1S/C22H20IN3O2S2/c1-28-20-8-3-2-7-19(20)26-22(29)25-17-5-4-6-18(13-17)30-14-21(27)24-16-11-9-15(23)10-12-16/h2-13H,14H2,1H3,(H,24,27)(H2,25,26,29). The van der Waals surface area contributed by atoms with Crippen molar-refractivity contribution < 1.29 is 9.53 Å². The molecule has 0 spiro atoms. The average Bonchev–Trinajstić information content (AvgIpc) is 2.74. The largest absolute Gasteiger partial charge is 0.495 e. The third-order valence-electron chi connectivity index (χ3n) is 3.94. The topological polar surface area (TPSA) is 62.4 Å². The smallest absolute Gasteiger partial charge is 0.234 e. The minimum atomic E-state index is -0.0482. The van der Waals surface area contributed by atoms with E-state index in [0.717, 1.165) is 25.5 Å². The van der Waals surface area contributed by atoms with Crippen LogP contribution >= 0.6 is 46.6 Å². The Labute approximate surface area is 199 Å². The average molecular weight is 549 g/mol. The first kappa shape index (κ1) is 22.4. The number of nitrogens with one attached hydrogen (secondary N) is 3. The van der Waals surface area contributed by atoms with Crippen molar-refractivity contribution in [3.05, 3.63) is 76.4 Å². The molecule has 0 aromatic heterocycles. The van der Waals surface area contributed by atoms with Crippen LogP contribution in [0.3, 0.4) is 0 Å². The van der Waals surface area contributed by atoms with Gasteiger partial charge >= 0.3 is 0 Å². The van der Waals surface area contributed by atoms with Crippen molar-refractivity contribution in [1.29, 1.82) is 0 Å². The fourth-order valence-corrected chi connectivity index (χ4v) is 3.92. The number of halogens is 1. The minimum absolute atomic E-state index is 0.0482. The summed E-state index contributed by atoms with van der Waals surface area (Å²) in [4.78, 5) is 13.2. The van der Waals surface area contributed by atoms with E-state index in [0.29, 0.717) is 16.6 Å². The number of rotatable bonds is 7. The molecule has 0 aliphatic carbocycles. The summed E-state index contributed by atoms with van der Waals surface area (Å²) in [5.41, 5.74) is 2.42. The zero-order valence-electron chi connectivity index (χ0n) is 16.1. The molecule has 8 heteroatoms. The molecule has 30 heavy (non-hydrogen) atoms. The van der Waals surface area contributed by atoms with E-state index >= 15 is 0 Å². The Balaban J connectivity index is 1.53. The highest BCUT2D eigenvalue weighted by Crippen LogP contribution is 2.25. The first-order valence-electron chi connectivity index (χ1n) is 9.03. The van der Waals surface area contributed by atoms with Gasteiger partial charge in [0.1, 0.15) is 5.75 Å². The number of amides is 1. The second-order valence-electron chi connectivity index (χ2n) is 6.15. The van der Waals surface area contributed by atoms with Gasteiger partial charge in [0.2, 0.25) is 5.91 Å². The number of carbonyl (C=O) groups is 1. The minimum Gasteiger partial charge on any atom is -0.495 e. The second-order valence-corrected chi connectivity index (χ2v) is 8.85. The molecule has 0 unspecified atom stereocenters. The van der Waals surface area contributed by atoms with E-state index < -0.39 is 0 Å². The molecular weight excluding hydrogens is 529 g/mol. The predicted octanol–water partition coefficient (Wildman–Crippen LogP) is 5.84. The van der Waals surface area contributed by atoms with Gasteiger partial charge in [-0.25, -0.2) is 0 Å². The Hall–Kier alpha value is -2.30. The Morgan fingerprint density at radius 3 is 2.50 bits per heavy atom. The highest BCUT2D eigenvalue weighted by atomic mass is 127. The maximum Gasteiger partial charge on any atom is 0.234 e. The van der Waals surface area contributed by atoms with Crippen LogP contribution in [0.25, 0.3) is 0 Å². The molecule has 0 fully saturated rings. The molecule has 5 nitrogen and oxygen atoms in total. The zero-order valence-corrected chi connectivity index (χ0v) is 19.9. The van der Waals surface area contributed by atoms with Crippen LogP contribution in [0.5, 0.6) is 5.75 Å². The number of hydrogen-bond acceptors (Lipinski definition) is 4. The molecule has 0 atom stereocenters. The van der Waals surface area contributed by atoms with Gasteiger partial charge in [-0.2, -0.15) is 0 Å². The van der Waals surface area contributed by atoms with Crippen molar-refractivity contribution in [2.45, 2.75) is 4.90 Å². The molecule has 0 heterocycles. The van der Waals surface area contributed by atoms with Crippen molar-refractivity contribution in [2.75, 3.05) is 28.8 Å². The lowest BCUT2D eigenvalue weighted by Gasteiger charge is -2.13. The van der Waals surface area contributed by atoms with Gasteiger partial charge < -0.3 is 20.7 Å². The number of hydrogen-bond donors (Lipinski definition) is 3. The van der Waals surface area contributed by atoms with Crippen LogP contribution in [0.4, 0.5) is 17.1 Å². The normalized spacial score (nSPS) is 10.2. The number of carbonyl (C=O) groups excluding carboxylic acids is 1. The van der Waals surface area contributed by atoms with E-state index in [-0.39, 0.29) is 5.91 Å². The van der Waals surface area contributed by atoms with Gasteiger partial charge in [0.15, 0.2) is 5.11 Å². The number of ether oxygens (including phenoxy) is 1. The van der Waals surface area contributed by atoms with Crippen LogP contribution in [0, 0.1) is 3.57 Å². The summed E-state index contributed by atoms with van der Waals surface area (Å²) in [6.45, 7) is 0. The van der Waals surface area contributed by atoms with E-state index in [9.17, 15) is 4.79 Å². The zero-order chi connectivity index (χ0) is 21.3. The van der Waals surface area contributed by atoms with Crippen molar-refractivity contribution in [3.63, 3.8) is 0 Å². The van der Waals surface area contributed by atoms with Gasteiger partial charge in [-0.05, 0) is 89.4 Å². The summed E-state index contributed by atoms with van der Waals surface area (Å²) in [5, 5.41) is 9.66. The summed E-state index contributed by atoms with van der Waals surface area (Å²) in [6.07, 6.45) is 0. The Morgan fingerprint density at radius 1 is 0.967 bits per heavy atom. The van der Waals surface area contributed by atoms with Gasteiger partial charge in [-0.3, -0.25) is 4.79 Å². The van der Waals surface area contributed by atoms with Crippen LogP contribution < -0.4 is 20.7 Å². The summed E-state index contributed by atoms with van der Waals surface area (Å²) >= 11 is 9.11. The molecule has 3 rings (SSSR count). The molecule has 3 aromatic rings.